The predicted octanol–water partition coefficient (Wildman–Crippen LogP) is 3.73. The Morgan fingerprint density at radius 1 is 0.773 bits per heavy atom. The summed E-state index contributed by atoms with van der Waals surface area (Å²) in [5.74, 6) is -0.393. The number of carbonyl (C=O) groups excluding carboxylic acids is 2. The van der Waals surface area contributed by atoms with E-state index in [4.69, 9.17) is 9.47 Å². The van der Waals surface area contributed by atoms with Crippen molar-refractivity contribution in [3.05, 3.63) is 0 Å². The van der Waals surface area contributed by atoms with E-state index in [0.29, 0.717) is 13.2 Å². The molecular formula is C18H30O4. The zero-order valence-corrected chi connectivity index (χ0v) is 14.0. The molecule has 2 fully saturated rings. The fourth-order valence-corrected chi connectivity index (χ4v) is 4.37. The molecule has 22 heavy (non-hydrogen) atoms. The van der Waals surface area contributed by atoms with Gasteiger partial charge in [-0.2, -0.15) is 0 Å². The summed E-state index contributed by atoms with van der Waals surface area (Å²) in [6.45, 7) is 4.42. The third-order valence-corrected chi connectivity index (χ3v) is 5.32. The normalized spacial score (nSPS) is 22.5. The van der Waals surface area contributed by atoms with Gasteiger partial charge < -0.3 is 9.47 Å². The lowest BCUT2D eigenvalue weighted by molar-refractivity contribution is -0.165. The summed E-state index contributed by atoms with van der Waals surface area (Å²) in [5, 5.41) is 0. The molecule has 2 aliphatic rings. The number of hydrogen-bond acceptors (Lipinski definition) is 4. The first kappa shape index (κ1) is 17.3. The molecule has 0 aliphatic heterocycles. The van der Waals surface area contributed by atoms with Crippen molar-refractivity contribution < 1.29 is 19.1 Å². The number of hydrogen-bond donors (Lipinski definition) is 0. The van der Waals surface area contributed by atoms with Crippen LogP contribution in [0.25, 0.3) is 0 Å². The minimum Gasteiger partial charge on any atom is -0.466 e. The summed E-state index contributed by atoms with van der Waals surface area (Å²) >= 11 is 0. The highest BCUT2D eigenvalue weighted by Crippen LogP contribution is 2.43. The Labute approximate surface area is 133 Å². The molecule has 0 bridgehead atoms. The van der Waals surface area contributed by atoms with E-state index in [1.165, 1.54) is 0 Å². The van der Waals surface area contributed by atoms with Gasteiger partial charge in [-0.1, -0.05) is 25.7 Å². The summed E-state index contributed by atoms with van der Waals surface area (Å²) in [6, 6.07) is 0. The molecule has 0 radical (unpaired) electrons. The van der Waals surface area contributed by atoms with Crippen molar-refractivity contribution >= 4 is 11.9 Å². The molecule has 0 aromatic carbocycles. The van der Waals surface area contributed by atoms with Crippen LogP contribution in [0.3, 0.4) is 0 Å². The molecule has 0 saturated heterocycles. The molecule has 0 aromatic heterocycles. The maximum atomic E-state index is 12.6. The minimum absolute atomic E-state index is 0.181. The van der Waals surface area contributed by atoms with Gasteiger partial charge in [0.05, 0.1) is 25.0 Å². The lowest BCUT2D eigenvalue weighted by Gasteiger charge is -2.32. The average Bonchev–Trinajstić information content (AvgIpc) is 3.18. The number of ether oxygens (including phenoxy) is 2. The molecule has 0 amide bonds. The van der Waals surface area contributed by atoms with Crippen LogP contribution in [-0.2, 0) is 19.1 Å². The van der Waals surface area contributed by atoms with Gasteiger partial charge in [-0.3, -0.25) is 9.59 Å². The van der Waals surface area contributed by atoms with Crippen LogP contribution in [0.1, 0.15) is 65.2 Å². The maximum Gasteiger partial charge on any atom is 0.310 e. The van der Waals surface area contributed by atoms with Crippen LogP contribution in [0.2, 0.25) is 0 Å². The highest BCUT2D eigenvalue weighted by Gasteiger charge is 2.46. The third kappa shape index (κ3) is 4.02. The van der Waals surface area contributed by atoms with E-state index in [-0.39, 0.29) is 35.6 Å². The van der Waals surface area contributed by atoms with Crippen molar-refractivity contribution in [2.24, 2.45) is 23.7 Å². The van der Waals surface area contributed by atoms with Crippen LogP contribution in [-0.4, -0.2) is 25.2 Å². The Morgan fingerprint density at radius 2 is 1.09 bits per heavy atom. The van der Waals surface area contributed by atoms with Crippen molar-refractivity contribution in [3.8, 4) is 0 Å². The van der Waals surface area contributed by atoms with E-state index in [0.717, 1.165) is 51.4 Å². The van der Waals surface area contributed by atoms with E-state index in [9.17, 15) is 9.59 Å². The molecule has 0 heterocycles. The van der Waals surface area contributed by atoms with E-state index < -0.39 is 0 Å². The number of carbonyl (C=O) groups is 2. The van der Waals surface area contributed by atoms with E-state index >= 15 is 0 Å². The molecule has 2 atom stereocenters. The Morgan fingerprint density at radius 3 is 1.36 bits per heavy atom. The fraction of sp³-hybridized carbons (Fsp3) is 0.889. The molecule has 126 valence electrons. The van der Waals surface area contributed by atoms with E-state index in [1.54, 1.807) is 0 Å². The quantitative estimate of drug-likeness (QED) is 0.672. The van der Waals surface area contributed by atoms with Crippen molar-refractivity contribution in [2.45, 2.75) is 65.2 Å². The number of rotatable bonds is 7. The molecule has 0 N–H and O–H groups in total. The first-order valence-electron chi connectivity index (χ1n) is 9.02. The van der Waals surface area contributed by atoms with Crippen LogP contribution < -0.4 is 0 Å². The molecule has 2 aliphatic carbocycles. The summed E-state index contributed by atoms with van der Waals surface area (Å²) in [7, 11) is 0. The lowest BCUT2D eigenvalue weighted by Crippen LogP contribution is -2.40. The monoisotopic (exact) mass is 310 g/mol. The van der Waals surface area contributed by atoms with Crippen LogP contribution in [0.5, 0.6) is 0 Å². The smallest absolute Gasteiger partial charge is 0.310 e. The Hall–Kier alpha value is -1.06. The SMILES string of the molecule is CCOC(=O)C(C1CCCC1)C(C(=O)OCC)C1CCCC1. The van der Waals surface area contributed by atoms with Gasteiger partial charge in [0.2, 0.25) is 0 Å². The van der Waals surface area contributed by atoms with Gasteiger partial charge >= 0.3 is 11.9 Å². The molecule has 4 nitrogen and oxygen atoms in total. The van der Waals surface area contributed by atoms with Gasteiger partial charge in [0.25, 0.3) is 0 Å². The predicted molar refractivity (Wildman–Crippen MR) is 84.2 cm³/mol. The molecule has 2 unspecified atom stereocenters. The third-order valence-electron chi connectivity index (χ3n) is 5.32. The van der Waals surface area contributed by atoms with E-state index in [1.807, 2.05) is 13.8 Å². The molecular weight excluding hydrogens is 280 g/mol. The van der Waals surface area contributed by atoms with Gasteiger partial charge in [0.15, 0.2) is 0 Å². The Bertz CT molecular complexity index is 331. The van der Waals surface area contributed by atoms with Crippen molar-refractivity contribution in [1.29, 1.82) is 0 Å². The molecule has 2 rings (SSSR count). The molecule has 4 heteroatoms. The second-order valence-corrected chi connectivity index (χ2v) is 6.64. The van der Waals surface area contributed by atoms with Crippen LogP contribution in [0.15, 0.2) is 0 Å². The second kappa shape index (κ2) is 8.54. The van der Waals surface area contributed by atoms with Crippen LogP contribution >= 0.6 is 0 Å². The minimum atomic E-state index is -0.301. The lowest BCUT2D eigenvalue weighted by atomic mass is 9.73. The van der Waals surface area contributed by atoms with Crippen molar-refractivity contribution in [1.82, 2.24) is 0 Å². The van der Waals surface area contributed by atoms with Gasteiger partial charge in [-0.15, -0.1) is 0 Å². The topological polar surface area (TPSA) is 52.6 Å². The fourth-order valence-electron chi connectivity index (χ4n) is 4.37. The highest BCUT2D eigenvalue weighted by atomic mass is 16.5. The summed E-state index contributed by atoms with van der Waals surface area (Å²) < 4.78 is 10.7. The maximum absolute atomic E-state index is 12.6. The van der Waals surface area contributed by atoms with Gasteiger partial charge in [-0.25, -0.2) is 0 Å². The average molecular weight is 310 g/mol. The van der Waals surface area contributed by atoms with Crippen LogP contribution in [0, 0.1) is 23.7 Å². The van der Waals surface area contributed by atoms with E-state index in [2.05, 4.69) is 0 Å². The van der Waals surface area contributed by atoms with Gasteiger partial charge in [0, 0.05) is 0 Å². The zero-order chi connectivity index (χ0) is 15.9. The Kier molecular flexibility index (Phi) is 6.71. The summed E-state index contributed by atoms with van der Waals surface area (Å²) in [5.41, 5.74) is 0. The van der Waals surface area contributed by atoms with Gasteiger partial charge in [0.1, 0.15) is 0 Å². The standard InChI is InChI=1S/C18H30O4/c1-3-21-17(19)15(13-9-5-6-10-13)16(18(20)22-4-2)14-11-7-8-12-14/h13-16H,3-12H2,1-2H3. The first-order chi connectivity index (χ1) is 10.7. The molecule has 0 spiro atoms. The summed E-state index contributed by atoms with van der Waals surface area (Å²) in [6.07, 6.45) is 8.75. The summed E-state index contributed by atoms with van der Waals surface area (Å²) in [4.78, 5) is 25.2. The largest absolute Gasteiger partial charge is 0.466 e. The second-order valence-electron chi connectivity index (χ2n) is 6.64. The van der Waals surface area contributed by atoms with Crippen molar-refractivity contribution in [3.63, 3.8) is 0 Å². The molecule has 2 saturated carbocycles. The zero-order valence-electron chi connectivity index (χ0n) is 14.0. The molecule has 0 aromatic rings. The number of esters is 2. The highest BCUT2D eigenvalue weighted by molar-refractivity contribution is 5.82. The first-order valence-corrected chi connectivity index (χ1v) is 9.02. The Balaban J connectivity index is 2.23. The van der Waals surface area contributed by atoms with Gasteiger partial charge in [-0.05, 0) is 51.4 Å². The van der Waals surface area contributed by atoms with Crippen LogP contribution in [0.4, 0.5) is 0 Å². The van der Waals surface area contributed by atoms with Crippen molar-refractivity contribution in [2.75, 3.05) is 13.2 Å².